The molecule has 0 bridgehead atoms. The lowest BCUT2D eigenvalue weighted by Crippen LogP contribution is -2.38. The molecule has 2 heterocycles. The molecule has 4 rings (SSSR count). The average molecular weight is 372 g/mol. The highest BCUT2D eigenvalue weighted by molar-refractivity contribution is 5.79. The van der Waals surface area contributed by atoms with Crippen molar-refractivity contribution in [2.24, 2.45) is 7.05 Å². The topological polar surface area (TPSA) is 24.3 Å². The molecule has 4 nitrogen and oxygen atoms in total. The van der Waals surface area contributed by atoms with Gasteiger partial charge in [0.15, 0.2) is 0 Å². The van der Waals surface area contributed by atoms with Gasteiger partial charge in [-0.1, -0.05) is 12.1 Å². The second kappa shape index (κ2) is 6.64. The zero-order chi connectivity index (χ0) is 19.0. The van der Waals surface area contributed by atoms with Crippen molar-refractivity contribution in [2.75, 3.05) is 22.9 Å². The largest absolute Gasteiger partial charge is 0.416 e. The number of hydrogen-bond donors (Lipinski definition) is 0. The molecule has 0 spiro atoms. The molecule has 27 heavy (non-hydrogen) atoms. The Balaban J connectivity index is 1.64. The molecule has 1 aliphatic heterocycles. The molecule has 2 aromatic carbocycles. The van der Waals surface area contributed by atoms with E-state index < -0.39 is 11.7 Å². The third-order valence-electron chi connectivity index (χ3n) is 4.88. The van der Waals surface area contributed by atoms with Gasteiger partial charge in [0.1, 0.15) is 0 Å². The Bertz CT molecular complexity index is 931. The van der Waals surface area contributed by atoms with E-state index >= 15 is 0 Å². The number of aryl methyl sites for hydroxylation is 1. The van der Waals surface area contributed by atoms with Gasteiger partial charge in [-0.05, 0) is 36.4 Å². The number of para-hydroxylation sites is 2. The minimum Gasteiger partial charge on any atom is -0.362 e. The molecule has 0 unspecified atom stereocenters. The predicted octanol–water partition coefficient (Wildman–Crippen LogP) is 4.60. The zero-order valence-electron chi connectivity index (χ0n) is 14.8. The molecule has 3 aromatic rings. The number of halogens is 3. The van der Waals surface area contributed by atoms with Crippen molar-refractivity contribution < 1.29 is 13.2 Å². The highest BCUT2D eigenvalue weighted by atomic mass is 19.4. The maximum absolute atomic E-state index is 12.8. The van der Waals surface area contributed by atoms with Gasteiger partial charge in [-0.2, -0.15) is 13.2 Å². The van der Waals surface area contributed by atoms with Crippen LogP contribution < -0.4 is 9.80 Å². The third kappa shape index (κ3) is 3.37. The normalized spacial score (nSPS) is 14.4. The molecule has 0 radical (unpaired) electrons. The summed E-state index contributed by atoms with van der Waals surface area (Å²) in [6, 6.07) is 13.3. The van der Waals surface area contributed by atoms with Crippen molar-refractivity contribution in [3.8, 4) is 0 Å². The Morgan fingerprint density at radius 1 is 0.963 bits per heavy atom. The van der Waals surface area contributed by atoms with Crippen LogP contribution in [0, 0.1) is 0 Å². The molecular formula is C20H19F3N4. The molecule has 7 heteroatoms. The van der Waals surface area contributed by atoms with Crippen molar-refractivity contribution in [1.29, 1.82) is 0 Å². The Kier molecular flexibility index (Phi) is 4.30. The molecule has 0 amide bonds. The molecule has 1 aliphatic rings. The Morgan fingerprint density at radius 3 is 2.30 bits per heavy atom. The van der Waals surface area contributed by atoms with Crippen molar-refractivity contribution in [3.63, 3.8) is 0 Å². The lowest BCUT2D eigenvalue weighted by atomic mass is 10.1. The van der Waals surface area contributed by atoms with Crippen LogP contribution in [0.3, 0.4) is 0 Å². The summed E-state index contributed by atoms with van der Waals surface area (Å²) >= 11 is 0. The Hall–Kier alpha value is -2.96. The van der Waals surface area contributed by atoms with Gasteiger partial charge in [0, 0.05) is 32.0 Å². The van der Waals surface area contributed by atoms with Gasteiger partial charge in [-0.15, -0.1) is 0 Å². The molecule has 0 N–H and O–H groups in total. The van der Waals surface area contributed by atoms with Crippen LogP contribution in [0.5, 0.6) is 0 Å². The van der Waals surface area contributed by atoms with E-state index in [1.165, 1.54) is 12.1 Å². The van der Waals surface area contributed by atoms with Gasteiger partial charge in [0.2, 0.25) is 0 Å². The molecular weight excluding hydrogens is 353 g/mol. The summed E-state index contributed by atoms with van der Waals surface area (Å²) in [6.07, 6.45) is -0.692. The summed E-state index contributed by atoms with van der Waals surface area (Å²) < 4.78 is 40.5. The molecule has 1 aromatic heterocycles. The summed E-state index contributed by atoms with van der Waals surface area (Å²) in [5.41, 5.74) is 3.29. The van der Waals surface area contributed by atoms with Crippen LogP contribution in [0.25, 0.3) is 0 Å². The summed E-state index contributed by atoms with van der Waals surface area (Å²) in [7, 11) is 1.96. The van der Waals surface area contributed by atoms with E-state index in [4.69, 9.17) is 0 Å². The fourth-order valence-electron chi connectivity index (χ4n) is 3.42. The lowest BCUT2D eigenvalue weighted by molar-refractivity contribution is -0.137. The van der Waals surface area contributed by atoms with Gasteiger partial charge in [-0.3, -0.25) is 0 Å². The summed E-state index contributed by atoms with van der Waals surface area (Å²) in [6.45, 7) is 2.19. The van der Waals surface area contributed by atoms with Gasteiger partial charge in [0.05, 0.1) is 35.5 Å². The third-order valence-corrected chi connectivity index (χ3v) is 4.88. The van der Waals surface area contributed by atoms with E-state index in [1.807, 2.05) is 42.1 Å². The van der Waals surface area contributed by atoms with Crippen LogP contribution in [0.2, 0.25) is 0 Å². The zero-order valence-corrected chi connectivity index (χ0v) is 14.8. The average Bonchev–Trinajstić information content (AvgIpc) is 3.06. The highest BCUT2D eigenvalue weighted by Crippen LogP contribution is 2.39. The molecule has 140 valence electrons. The number of fused-ring (bicyclic) bond motifs is 1. The monoisotopic (exact) mass is 372 g/mol. The Morgan fingerprint density at radius 2 is 1.67 bits per heavy atom. The number of hydrogen-bond acceptors (Lipinski definition) is 3. The summed E-state index contributed by atoms with van der Waals surface area (Å²) in [5, 5.41) is 0. The summed E-state index contributed by atoms with van der Waals surface area (Å²) in [5.74, 6) is 0. The van der Waals surface area contributed by atoms with Crippen LogP contribution in [0.1, 0.15) is 11.3 Å². The smallest absolute Gasteiger partial charge is 0.362 e. The van der Waals surface area contributed by atoms with Crippen molar-refractivity contribution in [3.05, 3.63) is 72.3 Å². The fourth-order valence-corrected chi connectivity index (χ4v) is 3.42. The lowest BCUT2D eigenvalue weighted by Gasteiger charge is -2.39. The van der Waals surface area contributed by atoms with Gasteiger partial charge >= 0.3 is 6.18 Å². The predicted molar refractivity (Wildman–Crippen MR) is 99.2 cm³/mol. The van der Waals surface area contributed by atoms with Crippen LogP contribution >= 0.6 is 0 Å². The van der Waals surface area contributed by atoms with E-state index in [2.05, 4.69) is 14.8 Å². The van der Waals surface area contributed by atoms with Crippen LogP contribution in [0.4, 0.5) is 30.2 Å². The number of nitrogens with zero attached hydrogens (tertiary/aromatic N) is 4. The molecule has 0 aliphatic carbocycles. The fraction of sp³-hybridized carbons (Fsp3) is 0.250. The van der Waals surface area contributed by atoms with E-state index in [9.17, 15) is 13.2 Å². The molecule has 0 atom stereocenters. The first-order chi connectivity index (χ1) is 12.9. The number of alkyl halides is 3. The maximum Gasteiger partial charge on any atom is 0.416 e. The highest BCUT2D eigenvalue weighted by Gasteiger charge is 2.31. The number of rotatable bonds is 3. The van der Waals surface area contributed by atoms with Crippen LogP contribution in [-0.2, 0) is 19.8 Å². The van der Waals surface area contributed by atoms with Crippen molar-refractivity contribution in [2.45, 2.75) is 12.7 Å². The second-order valence-electron chi connectivity index (χ2n) is 6.60. The minimum absolute atomic E-state index is 0.630. The number of benzene rings is 2. The summed E-state index contributed by atoms with van der Waals surface area (Å²) in [4.78, 5) is 8.50. The quantitative estimate of drug-likeness (QED) is 0.672. The number of anilines is 3. The van der Waals surface area contributed by atoms with E-state index in [0.29, 0.717) is 6.54 Å². The second-order valence-corrected chi connectivity index (χ2v) is 6.60. The minimum atomic E-state index is -4.32. The van der Waals surface area contributed by atoms with E-state index in [1.54, 1.807) is 6.33 Å². The maximum atomic E-state index is 12.8. The molecule has 0 fully saturated rings. The first-order valence-corrected chi connectivity index (χ1v) is 8.67. The van der Waals surface area contributed by atoms with Crippen molar-refractivity contribution >= 4 is 17.1 Å². The van der Waals surface area contributed by atoms with Gasteiger partial charge < -0.3 is 14.4 Å². The van der Waals surface area contributed by atoms with E-state index in [-0.39, 0.29) is 0 Å². The van der Waals surface area contributed by atoms with Gasteiger partial charge in [-0.25, -0.2) is 4.98 Å². The molecule has 0 saturated carbocycles. The first kappa shape index (κ1) is 17.5. The van der Waals surface area contributed by atoms with Crippen LogP contribution in [-0.4, -0.2) is 22.6 Å². The number of aromatic nitrogens is 2. The molecule has 0 saturated heterocycles. The SMILES string of the molecule is Cn1cncc1CN1CCN(c2ccc(C(F)(F)F)cc2)c2ccccc21. The number of imidazole rings is 1. The first-order valence-electron chi connectivity index (χ1n) is 8.67. The standard InChI is InChI=1S/C20H19F3N4/c1-25-14-24-12-17(25)13-26-10-11-27(19-5-3-2-4-18(19)26)16-8-6-15(7-9-16)20(21,22)23/h2-9,12,14H,10-11,13H2,1H3. The van der Waals surface area contributed by atoms with E-state index in [0.717, 1.165) is 48.0 Å². The Labute approximate surface area is 155 Å². The van der Waals surface area contributed by atoms with Crippen LogP contribution in [0.15, 0.2) is 61.1 Å². The van der Waals surface area contributed by atoms with Crippen molar-refractivity contribution in [1.82, 2.24) is 9.55 Å². The van der Waals surface area contributed by atoms with Gasteiger partial charge in [0.25, 0.3) is 0 Å².